The largest absolute Gasteiger partial charge is 0.506 e. The molecule has 0 radical (unpaired) electrons. The Kier molecular flexibility index (Phi) is 7.37. The van der Waals surface area contributed by atoms with Crippen LogP contribution < -0.4 is 11.0 Å². The van der Waals surface area contributed by atoms with Crippen LogP contribution in [0.3, 0.4) is 0 Å². The zero-order chi connectivity index (χ0) is 22.4. The number of H-pyrrole nitrogens is 1. The number of benzene rings is 2. The monoisotopic (exact) mass is 432 g/mol. The quantitative estimate of drug-likeness (QED) is 0.288. The molecule has 4 N–H and O–H groups in total. The second-order valence-electron chi connectivity index (χ2n) is 7.45. The number of phenolic OH excluding ortho intramolecular Hbond substituents is 1. The van der Waals surface area contributed by atoms with E-state index < -0.39 is 24.2 Å². The standard InChI is InChI=1S/C23H26F2N2O4/c1-2-3-5-15-6-4-7-16(12-15)23(24,25)14-31-26-13-20(29)17-8-10-19(28)22-18(17)9-11-21(30)27-22/h4,6-12,20,26,28-29H,2-3,5,13-14H2,1H3,(H,27,30). The Labute approximate surface area is 178 Å². The molecule has 0 bridgehead atoms. The number of nitrogens with one attached hydrogen (secondary N) is 2. The summed E-state index contributed by atoms with van der Waals surface area (Å²) in [7, 11) is 0. The van der Waals surface area contributed by atoms with Crippen molar-refractivity contribution in [3.8, 4) is 5.75 Å². The van der Waals surface area contributed by atoms with Gasteiger partial charge in [0, 0.05) is 17.0 Å². The Balaban J connectivity index is 1.60. The van der Waals surface area contributed by atoms with Gasteiger partial charge in [-0.1, -0.05) is 37.6 Å². The Morgan fingerprint density at radius 1 is 1.19 bits per heavy atom. The van der Waals surface area contributed by atoms with Gasteiger partial charge in [-0.2, -0.15) is 14.3 Å². The molecule has 2 aromatic carbocycles. The highest BCUT2D eigenvalue weighted by Crippen LogP contribution is 2.30. The smallest absolute Gasteiger partial charge is 0.298 e. The number of pyridine rings is 1. The first-order valence-corrected chi connectivity index (χ1v) is 10.2. The summed E-state index contributed by atoms with van der Waals surface area (Å²) in [6, 6.07) is 11.9. The minimum Gasteiger partial charge on any atom is -0.506 e. The molecular formula is C23H26F2N2O4. The van der Waals surface area contributed by atoms with Gasteiger partial charge in [-0.05, 0) is 42.2 Å². The third kappa shape index (κ3) is 5.66. The van der Waals surface area contributed by atoms with Crippen LogP contribution in [0.4, 0.5) is 8.78 Å². The van der Waals surface area contributed by atoms with Gasteiger partial charge in [0.25, 0.3) is 5.92 Å². The van der Waals surface area contributed by atoms with Crippen molar-refractivity contribution in [2.45, 2.75) is 38.2 Å². The number of fused-ring (bicyclic) bond motifs is 1. The molecule has 1 aromatic heterocycles. The molecule has 0 spiro atoms. The number of aromatic nitrogens is 1. The first kappa shape index (κ1) is 22.9. The first-order chi connectivity index (χ1) is 14.8. The molecule has 0 fully saturated rings. The van der Waals surface area contributed by atoms with Crippen LogP contribution in [0.1, 0.15) is 42.6 Å². The highest BCUT2D eigenvalue weighted by atomic mass is 19.3. The van der Waals surface area contributed by atoms with E-state index in [1.54, 1.807) is 6.07 Å². The lowest BCUT2D eigenvalue weighted by atomic mass is 10.0. The summed E-state index contributed by atoms with van der Waals surface area (Å²) in [5, 5.41) is 20.8. The number of aliphatic hydroxyl groups is 1. The number of halogens is 2. The predicted octanol–water partition coefficient (Wildman–Crippen LogP) is 3.92. The minimum absolute atomic E-state index is 0.114. The van der Waals surface area contributed by atoms with Gasteiger partial charge in [0.15, 0.2) is 0 Å². The Bertz CT molecular complexity index is 1080. The van der Waals surface area contributed by atoms with Crippen LogP contribution >= 0.6 is 0 Å². The predicted molar refractivity (Wildman–Crippen MR) is 114 cm³/mol. The van der Waals surface area contributed by atoms with Crippen molar-refractivity contribution in [1.29, 1.82) is 0 Å². The Morgan fingerprint density at radius 2 is 2.00 bits per heavy atom. The number of aliphatic hydroxyl groups excluding tert-OH is 1. The van der Waals surface area contributed by atoms with E-state index in [-0.39, 0.29) is 23.4 Å². The van der Waals surface area contributed by atoms with Crippen molar-refractivity contribution in [1.82, 2.24) is 10.5 Å². The van der Waals surface area contributed by atoms with E-state index >= 15 is 0 Å². The van der Waals surface area contributed by atoms with E-state index in [0.29, 0.717) is 10.9 Å². The van der Waals surface area contributed by atoms with Gasteiger partial charge >= 0.3 is 0 Å². The number of aromatic amines is 1. The summed E-state index contributed by atoms with van der Waals surface area (Å²) in [6.07, 6.45) is 1.56. The molecule has 3 rings (SSSR count). The molecule has 1 heterocycles. The molecule has 0 aliphatic carbocycles. The lowest BCUT2D eigenvalue weighted by Gasteiger charge is -2.19. The van der Waals surface area contributed by atoms with Crippen molar-refractivity contribution < 1.29 is 23.8 Å². The molecule has 1 unspecified atom stereocenters. The van der Waals surface area contributed by atoms with Crippen molar-refractivity contribution >= 4 is 10.9 Å². The average molecular weight is 432 g/mol. The lowest BCUT2D eigenvalue weighted by Crippen LogP contribution is -2.29. The molecule has 0 aliphatic heterocycles. The number of aryl methyl sites for hydroxylation is 1. The van der Waals surface area contributed by atoms with Gasteiger partial charge in [0.2, 0.25) is 5.56 Å². The number of aromatic hydroxyl groups is 1. The zero-order valence-electron chi connectivity index (χ0n) is 17.2. The number of rotatable bonds is 10. The molecular weight excluding hydrogens is 406 g/mol. The minimum atomic E-state index is -3.19. The summed E-state index contributed by atoms with van der Waals surface area (Å²) < 4.78 is 29.0. The van der Waals surface area contributed by atoms with Gasteiger partial charge in [-0.25, -0.2) is 0 Å². The van der Waals surface area contributed by atoms with Crippen molar-refractivity contribution in [2.75, 3.05) is 13.2 Å². The number of hydrogen-bond donors (Lipinski definition) is 4. The Hall–Kier alpha value is -2.81. The van der Waals surface area contributed by atoms with Gasteiger partial charge in [-0.15, -0.1) is 0 Å². The molecule has 0 amide bonds. The zero-order valence-corrected chi connectivity index (χ0v) is 17.2. The highest BCUT2D eigenvalue weighted by molar-refractivity contribution is 5.87. The normalized spacial score (nSPS) is 12.9. The second kappa shape index (κ2) is 10.00. The molecule has 1 atom stereocenters. The van der Waals surface area contributed by atoms with Crippen molar-refractivity contribution in [3.63, 3.8) is 0 Å². The molecule has 0 aliphatic rings. The fraction of sp³-hybridized carbons (Fsp3) is 0.348. The molecule has 3 aromatic rings. The van der Waals surface area contributed by atoms with E-state index in [1.165, 1.54) is 36.4 Å². The van der Waals surface area contributed by atoms with Gasteiger partial charge in [0.1, 0.15) is 12.4 Å². The van der Waals surface area contributed by atoms with E-state index in [9.17, 15) is 23.8 Å². The second-order valence-corrected chi connectivity index (χ2v) is 7.45. The molecule has 0 saturated carbocycles. The fourth-order valence-corrected chi connectivity index (χ4v) is 3.36. The fourth-order valence-electron chi connectivity index (χ4n) is 3.36. The molecule has 166 valence electrons. The first-order valence-electron chi connectivity index (χ1n) is 10.2. The number of phenols is 1. The number of unbranched alkanes of at least 4 members (excludes halogenated alkanes) is 1. The van der Waals surface area contributed by atoms with Crippen LogP contribution in [0, 0.1) is 0 Å². The van der Waals surface area contributed by atoms with Crippen LogP contribution in [0.2, 0.25) is 0 Å². The highest BCUT2D eigenvalue weighted by Gasteiger charge is 2.32. The summed E-state index contributed by atoms with van der Waals surface area (Å²) in [6.45, 7) is 0.999. The third-order valence-electron chi connectivity index (χ3n) is 5.07. The molecule has 6 nitrogen and oxygen atoms in total. The summed E-state index contributed by atoms with van der Waals surface area (Å²) >= 11 is 0. The van der Waals surface area contributed by atoms with E-state index in [1.807, 2.05) is 13.0 Å². The van der Waals surface area contributed by atoms with Gasteiger partial charge in [0.05, 0.1) is 18.2 Å². The third-order valence-corrected chi connectivity index (χ3v) is 5.07. The maximum atomic E-state index is 14.5. The summed E-state index contributed by atoms with van der Waals surface area (Å²) in [5.74, 6) is -3.32. The number of hydrogen-bond acceptors (Lipinski definition) is 5. The lowest BCUT2D eigenvalue weighted by molar-refractivity contribution is -0.116. The van der Waals surface area contributed by atoms with Crippen LogP contribution in [-0.4, -0.2) is 28.3 Å². The number of alkyl halides is 2. The van der Waals surface area contributed by atoms with Gasteiger partial charge in [-0.3, -0.25) is 9.63 Å². The number of hydroxylamine groups is 1. The maximum Gasteiger partial charge on any atom is 0.298 e. The van der Waals surface area contributed by atoms with Crippen molar-refractivity contribution in [3.05, 3.63) is 75.6 Å². The van der Waals surface area contributed by atoms with Crippen molar-refractivity contribution in [2.24, 2.45) is 0 Å². The SMILES string of the molecule is CCCCc1cccc(C(F)(F)CONCC(O)c2ccc(O)c3[nH]c(=O)ccc23)c1. The van der Waals surface area contributed by atoms with Crippen LogP contribution in [0.25, 0.3) is 10.9 Å². The Morgan fingerprint density at radius 3 is 2.77 bits per heavy atom. The molecule has 31 heavy (non-hydrogen) atoms. The van der Waals surface area contributed by atoms with Crippen LogP contribution in [0.5, 0.6) is 5.75 Å². The topological polar surface area (TPSA) is 94.6 Å². The average Bonchev–Trinajstić information content (AvgIpc) is 2.76. The molecule has 8 heteroatoms. The van der Waals surface area contributed by atoms with E-state index in [2.05, 4.69) is 10.5 Å². The van der Waals surface area contributed by atoms with Crippen LogP contribution in [0.15, 0.2) is 53.3 Å². The van der Waals surface area contributed by atoms with E-state index in [4.69, 9.17) is 4.84 Å². The molecule has 0 saturated heterocycles. The maximum absolute atomic E-state index is 14.5. The van der Waals surface area contributed by atoms with Crippen LogP contribution in [-0.2, 0) is 17.2 Å². The summed E-state index contributed by atoms with van der Waals surface area (Å²) in [5.41, 5.74) is 3.35. The van der Waals surface area contributed by atoms with Gasteiger partial charge < -0.3 is 15.2 Å². The van der Waals surface area contributed by atoms with E-state index in [0.717, 1.165) is 24.8 Å². The summed E-state index contributed by atoms with van der Waals surface area (Å²) in [4.78, 5) is 18.9.